The number of hydrogen-bond donors (Lipinski definition) is 2. The fourth-order valence-corrected chi connectivity index (χ4v) is 1.48. The maximum absolute atomic E-state index is 11.7. The number of carbonyl (C=O) groups is 1. The van der Waals surface area contributed by atoms with Crippen molar-refractivity contribution < 1.29 is 4.79 Å². The van der Waals surface area contributed by atoms with Crippen molar-refractivity contribution in [3.05, 3.63) is 0 Å². The summed E-state index contributed by atoms with van der Waals surface area (Å²) in [5, 5.41) is 2.92. The highest BCUT2D eigenvalue weighted by Crippen LogP contribution is 2.01. The molecule has 0 aromatic heterocycles. The van der Waals surface area contributed by atoms with E-state index in [1.54, 1.807) is 0 Å². The highest BCUT2D eigenvalue weighted by Gasteiger charge is 2.17. The predicted molar refractivity (Wildman–Crippen MR) is 68.3 cm³/mol. The second-order valence-corrected chi connectivity index (χ2v) is 4.67. The van der Waals surface area contributed by atoms with Gasteiger partial charge in [-0.1, -0.05) is 6.42 Å². The third-order valence-electron chi connectivity index (χ3n) is 2.69. The molecule has 0 bridgehead atoms. The topological polar surface area (TPSA) is 58.4 Å². The van der Waals surface area contributed by atoms with E-state index in [1.165, 1.54) is 0 Å². The molecular formula is C12H27N3O. The molecule has 1 amide bonds. The summed E-state index contributed by atoms with van der Waals surface area (Å²) >= 11 is 0. The summed E-state index contributed by atoms with van der Waals surface area (Å²) in [5.41, 5.74) is 5.43. The summed E-state index contributed by atoms with van der Waals surface area (Å²) in [6, 6.07) is 0.154. The van der Waals surface area contributed by atoms with Crippen LogP contribution in [0.2, 0.25) is 0 Å². The molecule has 0 rings (SSSR count). The molecule has 1 atom stereocenters. The average molecular weight is 229 g/mol. The van der Waals surface area contributed by atoms with Crippen molar-refractivity contribution in [3.8, 4) is 0 Å². The SMILES string of the molecule is CC(C)NC(=O)C(C)N(C)CCCCCN. The number of nitrogens with zero attached hydrogens (tertiary/aromatic N) is 1. The van der Waals surface area contributed by atoms with E-state index in [-0.39, 0.29) is 18.0 Å². The van der Waals surface area contributed by atoms with Crippen molar-refractivity contribution in [3.63, 3.8) is 0 Å². The summed E-state index contributed by atoms with van der Waals surface area (Å²) < 4.78 is 0. The van der Waals surface area contributed by atoms with Crippen molar-refractivity contribution in [2.45, 2.75) is 52.1 Å². The molecule has 16 heavy (non-hydrogen) atoms. The molecule has 0 heterocycles. The molecule has 3 N–H and O–H groups in total. The Bertz CT molecular complexity index is 195. The summed E-state index contributed by atoms with van der Waals surface area (Å²) in [4.78, 5) is 13.8. The second kappa shape index (κ2) is 8.53. The number of unbranched alkanes of at least 4 members (excludes halogenated alkanes) is 2. The Hall–Kier alpha value is -0.610. The van der Waals surface area contributed by atoms with Gasteiger partial charge < -0.3 is 11.1 Å². The molecule has 0 saturated carbocycles. The van der Waals surface area contributed by atoms with Crippen LogP contribution in [-0.4, -0.2) is 43.0 Å². The molecule has 0 radical (unpaired) electrons. The Kier molecular flexibility index (Phi) is 8.21. The molecule has 0 aromatic carbocycles. The molecule has 4 nitrogen and oxygen atoms in total. The van der Waals surface area contributed by atoms with Gasteiger partial charge in [0.2, 0.25) is 5.91 Å². The minimum absolute atomic E-state index is 0.0553. The Morgan fingerprint density at radius 2 is 1.88 bits per heavy atom. The Morgan fingerprint density at radius 3 is 2.38 bits per heavy atom. The first-order valence-electron chi connectivity index (χ1n) is 6.19. The number of rotatable bonds is 8. The van der Waals surface area contributed by atoms with Gasteiger partial charge in [-0.3, -0.25) is 9.69 Å². The van der Waals surface area contributed by atoms with Crippen LogP contribution in [0.15, 0.2) is 0 Å². The summed E-state index contributed by atoms with van der Waals surface area (Å²) in [5.74, 6) is 0.108. The largest absolute Gasteiger partial charge is 0.353 e. The molecular weight excluding hydrogens is 202 g/mol. The lowest BCUT2D eigenvalue weighted by Gasteiger charge is -2.24. The van der Waals surface area contributed by atoms with Crippen LogP contribution in [0.4, 0.5) is 0 Å². The van der Waals surface area contributed by atoms with Gasteiger partial charge in [0, 0.05) is 6.04 Å². The van der Waals surface area contributed by atoms with Gasteiger partial charge in [-0.2, -0.15) is 0 Å². The van der Waals surface area contributed by atoms with Crippen LogP contribution in [0, 0.1) is 0 Å². The van der Waals surface area contributed by atoms with Crippen LogP contribution in [0.25, 0.3) is 0 Å². The van der Waals surface area contributed by atoms with E-state index in [0.29, 0.717) is 0 Å². The van der Waals surface area contributed by atoms with Crippen molar-refractivity contribution in [1.29, 1.82) is 0 Å². The molecule has 0 saturated heterocycles. The normalized spacial score (nSPS) is 13.2. The third kappa shape index (κ3) is 6.80. The number of carbonyl (C=O) groups excluding carboxylic acids is 1. The van der Waals surface area contributed by atoms with Gasteiger partial charge in [0.25, 0.3) is 0 Å². The van der Waals surface area contributed by atoms with Gasteiger partial charge in [0.15, 0.2) is 0 Å². The zero-order chi connectivity index (χ0) is 12.6. The number of hydrogen-bond acceptors (Lipinski definition) is 3. The first kappa shape index (κ1) is 15.4. The van der Waals surface area contributed by atoms with Crippen LogP contribution in [-0.2, 0) is 4.79 Å². The van der Waals surface area contributed by atoms with E-state index in [9.17, 15) is 4.79 Å². The molecule has 0 fully saturated rings. The smallest absolute Gasteiger partial charge is 0.237 e. The predicted octanol–water partition coefficient (Wildman–Crippen LogP) is 0.960. The fraction of sp³-hybridized carbons (Fsp3) is 0.917. The maximum Gasteiger partial charge on any atom is 0.237 e. The Morgan fingerprint density at radius 1 is 1.25 bits per heavy atom. The second-order valence-electron chi connectivity index (χ2n) is 4.67. The monoisotopic (exact) mass is 229 g/mol. The Labute approximate surface area is 99.6 Å². The number of nitrogens with one attached hydrogen (secondary N) is 1. The Balaban J connectivity index is 3.79. The van der Waals surface area contributed by atoms with E-state index in [2.05, 4.69) is 10.2 Å². The van der Waals surface area contributed by atoms with Crippen molar-refractivity contribution >= 4 is 5.91 Å². The highest BCUT2D eigenvalue weighted by molar-refractivity contribution is 5.81. The van der Waals surface area contributed by atoms with E-state index < -0.39 is 0 Å². The van der Waals surface area contributed by atoms with Gasteiger partial charge >= 0.3 is 0 Å². The molecule has 0 spiro atoms. The van der Waals surface area contributed by atoms with E-state index in [4.69, 9.17) is 5.73 Å². The molecule has 4 heteroatoms. The minimum Gasteiger partial charge on any atom is -0.353 e. The quantitative estimate of drug-likeness (QED) is 0.610. The van der Waals surface area contributed by atoms with Gasteiger partial charge in [-0.25, -0.2) is 0 Å². The third-order valence-corrected chi connectivity index (χ3v) is 2.69. The van der Waals surface area contributed by atoms with Crippen LogP contribution in [0.5, 0.6) is 0 Å². The maximum atomic E-state index is 11.7. The van der Waals surface area contributed by atoms with E-state index in [1.807, 2.05) is 27.8 Å². The number of likely N-dealkylation sites (N-methyl/N-ethyl adjacent to an activating group) is 1. The van der Waals surface area contributed by atoms with Gasteiger partial charge in [-0.05, 0) is 53.8 Å². The van der Waals surface area contributed by atoms with Gasteiger partial charge in [0.1, 0.15) is 0 Å². The summed E-state index contributed by atoms with van der Waals surface area (Å²) in [6.45, 7) is 7.61. The van der Waals surface area contributed by atoms with Crippen molar-refractivity contribution in [2.24, 2.45) is 5.73 Å². The molecule has 0 aliphatic heterocycles. The lowest BCUT2D eigenvalue weighted by molar-refractivity contribution is -0.125. The van der Waals surface area contributed by atoms with E-state index in [0.717, 1.165) is 32.4 Å². The number of nitrogens with two attached hydrogens (primary N) is 1. The average Bonchev–Trinajstić information content (AvgIpc) is 2.22. The highest BCUT2D eigenvalue weighted by atomic mass is 16.2. The molecule has 0 aliphatic rings. The lowest BCUT2D eigenvalue weighted by Crippen LogP contribution is -2.45. The van der Waals surface area contributed by atoms with Crippen LogP contribution in [0.1, 0.15) is 40.0 Å². The lowest BCUT2D eigenvalue weighted by atomic mass is 10.2. The minimum atomic E-state index is -0.0553. The van der Waals surface area contributed by atoms with Gasteiger partial charge in [-0.15, -0.1) is 0 Å². The zero-order valence-electron chi connectivity index (χ0n) is 11.1. The van der Waals surface area contributed by atoms with Crippen LogP contribution >= 0.6 is 0 Å². The molecule has 1 unspecified atom stereocenters. The first-order valence-corrected chi connectivity index (χ1v) is 6.19. The first-order chi connectivity index (χ1) is 7.49. The molecule has 0 aliphatic carbocycles. The van der Waals surface area contributed by atoms with Crippen LogP contribution < -0.4 is 11.1 Å². The number of amides is 1. The van der Waals surface area contributed by atoms with Gasteiger partial charge in [0.05, 0.1) is 6.04 Å². The van der Waals surface area contributed by atoms with Crippen LogP contribution in [0.3, 0.4) is 0 Å². The van der Waals surface area contributed by atoms with Crippen molar-refractivity contribution in [1.82, 2.24) is 10.2 Å². The fourth-order valence-electron chi connectivity index (χ4n) is 1.48. The van der Waals surface area contributed by atoms with E-state index >= 15 is 0 Å². The zero-order valence-corrected chi connectivity index (χ0v) is 11.1. The van der Waals surface area contributed by atoms with Crippen molar-refractivity contribution in [2.75, 3.05) is 20.1 Å². The summed E-state index contributed by atoms with van der Waals surface area (Å²) in [7, 11) is 1.99. The standard InChI is InChI=1S/C12H27N3O/c1-10(2)14-12(16)11(3)15(4)9-7-5-6-8-13/h10-11H,5-9,13H2,1-4H3,(H,14,16). The summed E-state index contributed by atoms with van der Waals surface area (Å²) in [6.07, 6.45) is 3.31. The molecule has 0 aromatic rings. The molecule has 96 valence electrons.